The van der Waals surface area contributed by atoms with Crippen LogP contribution in [0.15, 0.2) is 97.1 Å². The predicted octanol–water partition coefficient (Wildman–Crippen LogP) is 5.40. The molecule has 0 bridgehead atoms. The monoisotopic (exact) mass is 467 g/mol. The Kier molecular flexibility index (Phi) is 7.43. The van der Waals surface area contributed by atoms with Crippen molar-refractivity contribution in [2.45, 2.75) is 12.8 Å². The first-order valence-electron chi connectivity index (χ1n) is 11.1. The summed E-state index contributed by atoms with van der Waals surface area (Å²) in [5.41, 5.74) is 3.98. The minimum atomic E-state index is -0.333. The third-order valence-electron chi connectivity index (χ3n) is 5.35. The smallest absolute Gasteiger partial charge is 0.315 e. The van der Waals surface area contributed by atoms with Crippen molar-refractivity contribution in [2.75, 3.05) is 12.4 Å². The number of nitrogens with one attached hydrogen (secondary N) is 1. The Morgan fingerprint density at radius 1 is 0.771 bits per heavy atom. The molecule has 4 aromatic carbocycles. The Hall–Kier alpha value is -4.58. The molecule has 0 saturated heterocycles. The van der Waals surface area contributed by atoms with Gasteiger partial charge in [0.05, 0.1) is 20.0 Å². The highest BCUT2D eigenvalue weighted by Crippen LogP contribution is 2.28. The fourth-order valence-electron chi connectivity index (χ4n) is 3.67. The van der Waals surface area contributed by atoms with Crippen LogP contribution in [0.2, 0.25) is 0 Å². The Labute approximate surface area is 203 Å². The van der Waals surface area contributed by atoms with Crippen LogP contribution in [0.5, 0.6) is 17.2 Å². The van der Waals surface area contributed by atoms with Crippen molar-refractivity contribution >= 4 is 17.6 Å². The number of ether oxygens (including phenoxy) is 2. The van der Waals surface area contributed by atoms with Crippen LogP contribution in [0.3, 0.4) is 0 Å². The van der Waals surface area contributed by atoms with Crippen LogP contribution < -0.4 is 14.8 Å². The maximum Gasteiger partial charge on any atom is 0.315 e. The fourth-order valence-corrected chi connectivity index (χ4v) is 3.67. The summed E-state index contributed by atoms with van der Waals surface area (Å²) in [5.74, 6) is 0.275. The van der Waals surface area contributed by atoms with Gasteiger partial charge in [-0.15, -0.1) is 0 Å². The number of amides is 1. The van der Waals surface area contributed by atoms with E-state index in [9.17, 15) is 14.7 Å². The standard InChI is InChI=1S/C29H25NO5/c1-34-27-15-21(13-14-26(27)31)16-28(32)30-24-11-5-9-22(18-24)23-10-6-12-25(19-23)35-29(33)17-20-7-3-2-4-8-20/h2-15,18-19,31H,16-17H2,1H3,(H,30,32). The van der Waals surface area contributed by atoms with Gasteiger partial charge in [0.15, 0.2) is 11.5 Å². The van der Waals surface area contributed by atoms with E-state index in [0.29, 0.717) is 17.2 Å². The number of phenolic OH excluding ortho intramolecular Hbond substituents is 1. The maximum atomic E-state index is 12.6. The van der Waals surface area contributed by atoms with Gasteiger partial charge < -0.3 is 19.9 Å². The third-order valence-corrected chi connectivity index (χ3v) is 5.35. The molecule has 6 nitrogen and oxygen atoms in total. The average Bonchev–Trinajstić information content (AvgIpc) is 2.86. The van der Waals surface area contributed by atoms with Crippen LogP contribution in [0.1, 0.15) is 11.1 Å². The second kappa shape index (κ2) is 11.0. The molecule has 0 fully saturated rings. The molecule has 0 aliphatic rings. The zero-order valence-electron chi connectivity index (χ0n) is 19.2. The van der Waals surface area contributed by atoms with Gasteiger partial charge in [0.1, 0.15) is 5.75 Å². The van der Waals surface area contributed by atoms with Crippen LogP contribution in [0.4, 0.5) is 5.69 Å². The lowest BCUT2D eigenvalue weighted by Gasteiger charge is -2.10. The number of carbonyl (C=O) groups excluding carboxylic acids is 2. The number of phenols is 1. The Morgan fingerprint density at radius 2 is 1.51 bits per heavy atom. The minimum Gasteiger partial charge on any atom is -0.504 e. The lowest BCUT2D eigenvalue weighted by atomic mass is 10.0. The number of carbonyl (C=O) groups is 2. The number of methoxy groups -OCH3 is 1. The molecule has 0 atom stereocenters. The first-order chi connectivity index (χ1) is 17.0. The highest BCUT2D eigenvalue weighted by atomic mass is 16.5. The van der Waals surface area contributed by atoms with Crippen LogP contribution in [-0.4, -0.2) is 24.1 Å². The van der Waals surface area contributed by atoms with Crippen LogP contribution in [-0.2, 0) is 22.4 Å². The van der Waals surface area contributed by atoms with Crippen LogP contribution in [0.25, 0.3) is 11.1 Å². The van der Waals surface area contributed by atoms with E-state index in [4.69, 9.17) is 9.47 Å². The fraction of sp³-hybridized carbons (Fsp3) is 0.103. The number of hydrogen-bond acceptors (Lipinski definition) is 5. The molecule has 1 amide bonds. The summed E-state index contributed by atoms with van der Waals surface area (Å²) in [7, 11) is 1.46. The molecule has 0 radical (unpaired) electrons. The van der Waals surface area contributed by atoms with Crippen molar-refractivity contribution < 1.29 is 24.2 Å². The van der Waals surface area contributed by atoms with Gasteiger partial charge in [0.25, 0.3) is 0 Å². The number of hydrogen-bond donors (Lipinski definition) is 2. The van der Waals surface area contributed by atoms with Crippen molar-refractivity contribution in [1.82, 2.24) is 0 Å². The Bertz CT molecular complexity index is 1330. The molecule has 35 heavy (non-hydrogen) atoms. The summed E-state index contributed by atoms with van der Waals surface area (Å²) in [6.07, 6.45) is 0.327. The topological polar surface area (TPSA) is 84.9 Å². The van der Waals surface area contributed by atoms with E-state index in [1.54, 1.807) is 24.3 Å². The van der Waals surface area contributed by atoms with E-state index in [2.05, 4.69) is 5.32 Å². The Balaban J connectivity index is 1.42. The Morgan fingerprint density at radius 3 is 2.29 bits per heavy atom. The molecule has 176 valence electrons. The van der Waals surface area contributed by atoms with Gasteiger partial charge in [-0.1, -0.05) is 60.7 Å². The summed E-state index contributed by atoms with van der Waals surface area (Å²) < 4.78 is 10.6. The molecule has 4 aromatic rings. The second-order valence-corrected chi connectivity index (χ2v) is 7.98. The van der Waals surface area contributed by atoms with Crippen LogP contribution >= 0.6 is 0 Å². The van der Waals surface area contributed by atoms with Gasteiger partial charge >= 0.3 is 5.97 Å². The number of benzene rings is 4. The van der Waals surface area contributed by atoms with E-state index in [0.717, 1.165) is 22.3 Å². The first kappa shape index (κ1) is 23.6. The molecule has 0 aliphatic heterocycles. The normalized spacial score (nSPS) is 10.4. The molecule has 0 spiro atoms. The molecule has 0 aromatic heterocycles. The van der Waals surface area contributed by atoms with Gasteiger partial charge in [-0.05, 0) is 58.7 Å². The quantitative estimate of drug-likeness (QED) is 0.268. The SMILES string of the molecule is COc1cc(CC(=O)Nc2cccc(-c3cccc(OC(=O)Cc4ccccc4)c3)c2)ccc1O. The molecule has 0 heterocycles. The number of esters is 1. The van der Waals surface area contributed by atoms with Crippen molar-refractivity contribution in [2.24, 2.45) is 0 Å². The van der Waals surface area contributed by atoms with Gasteiger partial charge in [0, 0.05) is 5.69 Å². The molecule has 2 N–H and O–H groups in total. The lowest BCUT2D eigenvalue weighted by Crippen LogP contribution is -2.14. The van der Waals surface area contributed by atoms with Gasteiger partial charge in [0.2, 0.25) is 5.91 Å². The molecular formula is C29H25NO5. The van der Waals surface area contributed by atoms with E-state index < -0.39 is 0 Å². The van der Waals surface area contributed by atoms with Crippen LogP contribution in [0, 0.1) is 0 Å². The summed E-state index contributed by atoms with van der Waals surface area (Å²) in [4.78, 5) is 24.9. The number of rotatable bonds is 8. The zero-order valence-corrected chi connectivity index (χ0v) is 19.2. The zero-order chi connectivity index (χ0) is 24.6. The maximum absolute atomic E-state index is 12.6. The highest BCUT2D eigenvalue weighted by Gasteiger charge is 2.10. The van der Waals surface area contributed by atoms with Gasteiger partial charge in [-0.25, -0.2) is 0 Å². The molecule has 4 rings (SSSR count). The van der Waals surface area contributed by atoms with Gasteiger partial charge in [-0.3, -0.25) is 9.59 Å². The van der Waals surface area contributed by atoms with E-state index in [1.165, 1.54) is 13.2 Å². The van der Waals surface area contributed by atoms with Crippen molar-refractivity contribution in [3.63, 3.8) is 0 Å². The third kappa shape index (κ3) is 6.48. The largest absolute Gasteiger partial charge is 0.504 e. The minimum absolute atomic E-state index is 0.0253. The van der Waals surface area contributed by atoms with E-state index in [-0.39, 0.29) is 30.5 Å². The summed E-state index contributed by atoms with van der Waals surface area (Å²) in [6, 6.07) is 29.0. The van der Waals surface area contributed by atoms with Crippen molar-refractivity contribution in [3.8, 4) is 28.4 Å². The van der Waals surface area contributed by atoms with E-state index >= 15 is 0 Å². The second-order valence-electron chi connectivity index (χ2n) is 7.98. The van der Waals surface area contributed by atoms with E-state index in [1.807, 2.05) is 66.7 Å². The molecule has 0 aliphatic carbocycles. The predicted molar refractivity (Wildman–Crippen MR) is 135 cm³/mol. The molecule has 0 unspecified atom stereocenters. The molecule has 0 saturated carbocycles. The summed E-state index contributed by atoms with van der Waals surface area (Å²) in [5, 5.41) is 12.6. The first-order valence-corrected chi connectivity index (χ1v) is 11.1. The highest BCUT2D eigenvalue weighted by molar-refractivity contribution is 5.93. The summed E-state index contributed by atoms with van der Waals surface area (Å²) in [6.45, 7) is 0. The van der Waals surface area contributed by atoms with Crippen molar-refractivity contribution in [1.29, 1.82) is 0 Å². The number of aromatic hydroxyl groups is 1. The lowest BCUT2D eigenvalue weighted by molar-refractivity contribution is -0.133. The van der Waals surface area contributed by atoms with Gasteiger partial charge in [-0.2, -0.15) is 0 Å². The number of anilines is 1. The summed E-state index contributed by atoms with van der Waals surface area (Å²) >= 11 is 0. The average molecular weight is 468 g/mol. The molecular weight excluding hydrogens is 442 g/mol. The van der Waals surface area contributed by atoms with Crippen molar-refractivity contribution in [3.05, 3.63) is 108 Å². The molecule has 6 heteroatoms.